The van der Waals surface area contributed by atoms with Gasteiger partial charge >= 0.3 is 12.1 Å². The number of thiol groups is 1. The topological polar surface area (TPSA) is 352 Å². The van der Waals surface area contributed by atoms with Crippen LogP contribution in [0.2, 0.25) is 0 Å². The smallest absolute Gasteiger partial charge is 0.410 e. The van der Waals surface area contributed by atoms with Crippen molar-refractivity contribution in [3.8, 4) is 17.2 Å². The average molecular weight is 1200 g/mol. The van der Waals surface area contributed by atoms with Gasteiger partial charge in [0.25, 0.3) is 5.91 Å². The zero-order chi connectivity index (χ0) is 61.4. The van der Waals surface area contributed by atoms with E-state index in [0.29, 0.717) is 36.9 Å². The number of rotatable bonds is 22. The van der Waals surface area contributed by atoms with Gasteiger partial charge in [0.1, 0.15) is 41.5 Å². The highest BCUT2D eigenvalue weighted by Gasteiger charge is 2.52. The lowest BCUT2D eigenvalue weighted by Crippen LogP contribution is -2.58. The summed E-state index contributed by atoms with van der Waals surface area (Å²) in [4.78, 5) is 136. The Hall–Kier alpha value is -7.81. The molecule has 3 fully saturated rings. The zero-order valence-electron chi connectivity index (χ0n) is 47.9. The van der Waals surface area contributed by atoms with E-state index < -0.39 is 118 Å². The second-order valence-electron chi connectivity index (χ2n) is 22.4. The van der Waals surface area contributed by atoms with Gasteiger partial charge in [-0.1, -0.05) is 44.5 Å². The highest BCUT2D eigenvalue weighted by molar-refractivity contribution is 7.81. The summed E-state index contributed by atoms with van der Waals surface area (Å²) in [6.45, 7) is 5.51. The predicted octanol–water partition coefficient (Wildman–Crippen LogP) is 3.64. The molecule has 3 aliphatic heterocycles. The van der Waals surface area contributed by atoms with E-state index in [9.17, 15) is 63.3 Å². The number of amides is 9. The van der Waals surface area contributed by atoms with E-state index in [1.165, 1.54) is 40.0 Å². The molecule has 8 rings (SSSR count). The number of ether oxygens (including phenoxy) is 4. The van der Waals surface area contributed by atoms with Gasteiger partial charge in [0.2, 0.25) is 35.3 Å². The first-order chi connectivity index (χ1) is 40.5. The number of likely N-dealkylation sites (tertiary alicyclic amines) is 1. The van der Waals surface area contributed by atoms with Gasteiger partial charge in [0.05, 0.1) is 41.3 Å². The Bertz CT molecular complexity index is 3100. The maximum atomic E-state index is 14.5. The van der Waals surface area contributed by atoms with E-state index in [0.717, 1.165) is 12.8 Å². The SMILES string of the molecule is COc1cccc2c1C(=O)c1c(O)c3c(c(O)c1C2=O)C[C@@](O)(C(=O)N1CCN(C(=O)OCc2ccc(NC(=O)[C@H](CCCNC(N)=O)NC(=O)[C@@H](NC(=O)CCCCCN4C(=O)CC(S)C4=O)C(C)C)cc2)CC1)C[C@@H]3O[C@H]1CCC[C@H](C)O1. The Balaban J connectivity index is 0.850. The number of piperazine rings is 1. The Morgan fingerprint density at radius 3 is 2.22 bits per heavy atom. The number of carbonyl (C=O) groups is 10. The van der Waals surface area contributed by atoms with Gasteiger partial charge in [-0.3, -0.25) is 43.3 Å². The van der Waals surface area contributed by atoms with Crippen molar-refractivity contribution < 1.29 is 82.2 Å². The van der Waals surface area contributed by atoms with Crippen LogP contribution < -0.4 is 31.7 Å². The third-order valence-corrected chi connectivity index (χ3v) is 16.4. The monoisotopic (exact) mass is 1200 g/mol. The molecule has 9 amide bonds. The standard InChI is InChI=1S/C59H74N8O17S/c1-31(2)48(64-41(68)15-6-5-7-22-67-42(69)27-40(85)55(67)76)54(75)63-37(13-10-21-61-57(60)78)53(74)62-34-19-17-33(18-20-34)30-82-58(79)66-25-23-65(24-26-66)56(77)59(80)28-36-45(39(29-59)84-43-16-8-11-32(3)83-43)52(73)47-46(50(36)71)49(70)35-12-9-14-38(81-4)44(35)51(47)72/h9,12,14,17-20,31-32,37,39-40,43,48,71,73,80,85H,5-8,10-11,13,15-16,21-30H2,1-4H3,(H,62,74)(H,63,75)(H,64,68)(H3,60,61,78)/t32-,37-,39-,40?,43-,48-,59-/m0/s1. The number of carbonyl (C=O) groups excluding carboxylic acids is 10. The molecule has 9 N–H and O–H groups in total. The fourth-order valence-electron chi connectivity index (χ4n) is 11.4. The van der Waals surface area contributed by atoms with E-state index in [1.807, 2.05) is 6.92 Å². The minimum atomic E-state index is -2.26. The molecule has 0 spiro atoms. The number of aromatic hydroxyl groups is 2. The molecule has 3 heterocycles. The molecule has 0 aromatic heterocycles. The van der Waals surface area contributed by atoms with Gasteiger partial charge in [-0.15, -0.1) is 0 Å². The number of primary amides is 1. The highest BCUT2D eigenvalue weighted by atomic mass is 32.1. The van der Waals surface area contributed by atoms with Gasteiger partial charge in [-0.05, 0) is 81.5 Å². The summed E-state index contributed by atoms with van der Waals surface area (Å²) < 4.78 is 23.5. The number of benzene rings is 3. The van der Waals surface area contributed by atoms with Crippen molar-refractivity contribution >= 4 is 77.5 Å². The Morgan fingerprint density at radius 1 is 0.859 bits per heavy atom. The number of unbranched alkanes of at least 4 members (excludes halogenated alkanes) is 2. The summed E-state index contributed by atoms with van der Waals surface area (Å²) in [5, 5.41) is 46.4. The predicted molar refractivity (Wildman–Crippen MR) is 306 cm³/mol. The average Bonchev–Trinajstić information content (AvgIpc) is 1.40. The summed E-state index contributed by atoms with van der Waals surface area (Å²) in [5.41, 5.74) is 2.59. The molecule has 26 heteroatoms. The lowest BCUT2D eigenvalue weighted by molar-refractivity contribution is -0.224. The van der Waals surface area contributed by atoms with Crippen LogP contribution in [0.5, 0.6) is 17.2 Å². The molecule has 25 nitrogen and oxygen atoms in total. The molecule has 2 aliphatic carbocycles. The molecule has 3 aromatic carbocycles. The van der Waals surface area contributed by atoms with Crippen LogP contribution in [0.15, 0.2) is 42.5 Å². The quantitative estimate of drug-likeness (QED) is 0.0235. The summed E-state index contributed by atoms with van der Waals surface area (Å²) in [6.07, 6.45) is -0.0681. The Kier molecular flexibility index (Phi) is 20.4. The van der Waals surface area contributed by atoms with Crippen molar-refractivity contribution in [2.45, 2.75) is 146 Å². The molecule has 458 valence electrons. The number of phenolic OH excluding ortho intramolecular Hbond substituents is 2. The largest absolute Gasteiger partial charge is 0.507 e. The minimum Gasteiger partial charge on any atom is -0.507 e. The normalized spacial score (nSPS) is 21.8. The fourth-order valence-corrected chi connectivity index (χ4v) is 11.7. The number of hydrogen-bond donors (Lipinski definition) is 9. The molecule has 0 radical (unpaired) electrons. The lowest BCUT2D eigenvalue weighted by Gasteiger charge is -2.43. The lowest BCUT2D eigenvalue weighted by atomic mass is 9.72. The maximum Gasteiger partial charge on any atom is 0.410 e. The number of nitrogens with one attached hydrogen (secondary N) is 4. The minimum absolute atomic E-state index is 0.0159. The number of nitrogens with zero attached hydrogens (tertiary/aromatic N) is 3. The second kappa shape index (κ2) is 27.5. The number of methoxy groups -OCH3 is 1. The van der Waals surface area contributed by atoms with Crippen molar-refractivity contribution in [3.63, 3.8) is 0 Å². The van der Waals surface area contributed by atoms with Crippen LogP contribution in [0.3, 0.4) is 0 Å². The third-order valence-electron chi connectivity index (χ3n) is 16.0. The van der Waals surface area contributed by atoms with Crippen LogP contribution in [0.25, 0.3) is 0 Å². The molecular weight excluding hydrogens is 1120 g/mol. The molecule has 85 heavy (non-hydrogen) atoms. The molecular formula is C59H74N8O17S. The van der Waals surface area contributed by atoms with Crippen LogP contribution in [0.4, 0.5) is 15.3 Å². The number of anilines is 1. The van der Waals surface area contributed by atoms with Gasteiger partial charge in [0, 0.05) is 87.3 Å². The Labute approximate surface area is 496 Å². The van der Waals surface area contributed by atoms with Crippen LogP contribution in [0, 0.1) is 5.92 Å². The van der Waals surface area contributed by atoms with E-state index in [-0.39, 0.29) is 123 Å². The van der Waals surface area contributed by atoms with Crippen LogP contribution in [0.1, 0.15) is 146 Å². The van der Waals surface area contributed by atoms with E-state index >= 15 is 0 Å². The summed E-state index contributed by atoms with van der Waals surface area (Å²) in [5.74, 6) is -6.06. The number of ketones is 2. The van der Waals surface area contributed by atoms with Crippen LogP contribution in [-0.4, -0.2) is 171 Å². The summed E-state index contributed by atoms with van der Waals surface area (Å²) in [6, 6.07) is 7.92. The summed E-state index contributed by atoms with van der Waals surface area (Å²) >= 11 is 4.13. The van der Waals surface area contributed by atoms with Crippen molar-refractivity contribution in [2.75, 3.05) is 51.7 Å². The van der Waals surface area contributed by atoms with Gasteiger partial charge in [-0.2, -0.15) is 12.6 Å². The zero-order valence-corrected chi connectivity index (χ0v) is 48.8. The summed E-state index contributed by atoms with van der Waals surface area (Å²) in [7, 11) is 1.33. The molecule has 3 saturated heterocycles. The maximum absolute atomic E-state index is 14.5. The van der Waals surface area contributed by atoms with Crippen LogP contribution >= 0.6 is 12.6 Å². The third kappa shape index (κ3) is 14.5. The van der Waals surface area contributed by atoms with Gasteiger partial charge in [0.15, 0.2) is 12.1 Å². The number of phenols is 2. The molecule has 0 saturated carbocycles. The molecule has 7 atom stereocenters. The van der Waals surface area contributed by atoms with Gasteiger partial charge in [-0.25, -0.2) is 9.59 Å². The number of nitrogens with two attached hydrogens (primary N) is 1. The highest BCUT2D eigenvalue weighted by Crippen LogP contribution is 2.53. The van der Waals surface area contributed by atoms with Crippen molar-refractivity contribution in [2.24, 2.45) is 11.7 Å². The first-order valence-corrected chi connectivity index (χ1v) is 29.2. The number of urea groups is 1. The first kappa shape index (κ1) is 63.2. The van der Waals surface area contributed by atoms with Crippen molar-refractivity contribution in [1.29, 1.82) is 0 Å². The molecule has 5 aliphatic rings. The van der Waals surface area contributed by atoms with E-state index in [2.05, 4.69) is 33.9 Å². The number of aliphatic hydroxyl groups is 1. The number of hydrogen-bond acceptors (Lipinski definition) is 18. The van der Waals surface area contributed by atoms with Crippen LogP contribution in [-0.2, 0) is 56.0 Å². The number of imide groups is 1. The molecule has 1 unspecified atom stereocenters. The molecule has 0 bridgehead atoms. The van der Waals surface area contributed by atoms with Crippen molar-refractivity contribution in [1.82, 2.24) is 30.7 Å². The second-order valence-corrected chi connectivity index (χ2v) is 23.1. The van der Waals surface area contributed by atoms with Crippen molar-refractivity contribution in [3.05, 3.63) is 81.4 Å². The number of fused-ring (bicyclic) bond motifs is 3. The van der Waals surface area contributed by atoms with Gasteiger partial charge < -0.3 is 71.1 Å². The molecule has 3 aromatic rings. The van der Waals surface area contributed by atoms with E-state index in [1.54, 1.807) is 38.1 Å². The Morgan fingerprint density at radius 2 is 1.56 bits per heavy atom. The first-order valence-electron chi connectivity index (χ1n) is 28.7. The fraction of sp³-hybridized carbons (Fsp3) is 0.525. The van der Waals surface area contributed by atoms with E-state index in [4.69, 9.17) is 24.7 Å².